The van der Waals surface area contributed by atoms with E-state index >= 15 is 0 Å². The molecule has 1 heterocycles. The van der Waals surface area contributed by atoms with Gasteiger partial charge in [-0.2, -0.15) is 9.78 Å². The maximum absolute atomic E-state index is 11.2. The van der Waals surface area contributed by atoms with Gasteiger partial charge in [-0.15, -0.1) is 5.10 Å². The van der Waals surface area contributed by atoms with Crippen molar-refractivity contribution in [1.29, 1.82) is 0 Å². The number of tetrazole rings is 1. The predicted molar refractivity (Wildman–Crippen MR) is 120 cm³/mol. The molecule has 4 rings (SSSR count). The topological polar surface area (TPSA) is 154 Å². The maximum atomic E-state index is 11.2. The van der Waals surface area contributed by atoms with Crippen LogP contribution in [0.2, 0.25) is 0 Å². The van der Waals surface area contributed by atoms with E-state index in [1.54, 1.807) is 4.68 Å². The monoisotopic (exact) mass is 444 g/mol. The Labute approximate surface area is 186 Å². The number of nitrogens with one attached hydrogen (secondary N) is 1. The highest BCUT2D eigenvalue weighted by molar-refractivity contribution is 5.68. The summed E-state index contributed by atoms with van der Waals surface area (Å²) >= 11 is 0. The van der Waals surface area contributed by atoms with Crippen LogP contribution < -0.4 is 5.43 Å². The first kappa shape index (κ1) is 21.2. The van der Waals surface area contributed by atoms with Crippen molar-refractivity contribution in [2.24, 2.45) is 5.10 Å². The lowest BCUT2D eigenvalue weighted by Gasteiger charge is -2.05. The molecule has 0 amide bonds. The molecule has 0 aliphatic heterocycles. The third kappa shape index (κ3) is 4.85. The standard InChI is InChI=1S/C21H16N8O4/c30-28(31)18-10-11-19(20(14-18)29(32)33)23-22-13-12-21-24-25-26-27(21)17-8-6-16(7-9-17)15-4-2-1-3-5-15/h1-11,13-14,23H,12H2/b22-13-. The van der Waals surface area contributed by atoms with Gasteiger partial charge in [-0.3, -0.25) is 25.7 Å². The molecule has 0 aliphatic carbocycles. The molecule has 0 saturated carbocycles. The second kappa shape index (κ2) is 9.43. The van der Waals surface area contributed by atoms with Crippen LogP contribution in [0.15, 0.2) is 77.9 Å². The van der Waals surface area contributed by atoms with Gasteiger partial charge in [0.15, 0.2) is 5.82 Å². The maximum Gasteiger partial charge on any atom is 0.301 e. The van der Waals surface area contributed by atoms with Gasteiger partial charge in [-0.1, -0.05) is 42.5 Å². The first-order valence-corrected chi connectivity index (χ1v) is 9.66. The number of nitrogens with zero attached hydrogens (tertiary/aromatic N) is 7. The highest BCUT2D eigenvalue weighted by atomic mass is 16.6. The molecule has 0 aliphatic rings. The summed E-state index contributed by atoms with van der Waals surface area (Å²) in [6.07, 6.45) is 1.69. The highest BCUT2D eigenvalue weighted by Crippen LogP contribution is 2.28. The summed E-state index contributed by atoms with van der Waals surface area (Å²) < 4.78 is 1.56. The summed E-state index contributed by atoms with van der Waals surface area (Å²) in [5, 5.41) is 37.7. The van der Waals surface area contributed by atoms with Crippen LogP contribution in [-0.4, -0.2) is 36.3 Å². The molecule has 1 N–H and O–H groups in total. The Bertz CT molecular complexity index is 1320. The lowest BCUT2D eigenvalue weighted by Crippen LogP contribution is -2.05. The Hall–Kier alpha value is -5.00. The molecule has 164 valence electrons. The summed E-state index contributed by atoms with van der Waals surface area (Å²) in [6.45, 7) is 0. The smallest absolute Gasteiger partial charge is 0.272 e. The van der Waals surface area contributed by atoms with Gasteiger partial charge in [0, 0.05) is 18.7 Å². The predicted octanol–water partition coefficient (Wildman–Crippen LogP) is 3.79. The summed E-state index contributed by atoms with van der Waals surface area (Å²) in [6, 6.07) is 21.0. The third-order valence-electron chi connectivity index (χ3n) is 4.69. The zero-order chi connectivity index (χ0) is 23.2. The molecule has 0 radical (unpaired) electrons. The Balaban J connectivity index is 1.45. The summed E-state index contributed by atoms with van der Waals surface area (Å²) in [7, 11) is 0. The molecule has 0 spiro atoms. The van der Waals surface area contributed by atoms with Gasteiger partial charge >= 0.3 is 5.69 Å². The minimum Gasteiger partial charge on any atom is -0.272 e. The molecule has 0 fully saturated rings. The molecule has 0 bridgehead atoms. The van der Waals surface area contributed by atoms with E-state index in [4.69, 9.17) is 0 Å². The molecule has 0 atom stereocenters. The van der Waals surface area contributed by atoms with Crippen molar-refractivity contribution in [3.63, 3.8) is 0 Å². The molecule has 1 aromatic heterocycles. The van der Waals surface area contributed by atoms with Crippen LogP contribution in [0.4, 0.5) is 17.1 Å². The molecule has 0 unspecified atom stereocenters. The summed E-state index contributed by atoms with van der Waals surface area (Å²) in [4.78, 5) is 20.6. The number of hydrazone groups is 1. The molecular weight excluding hydrogens is 428 g/mol. The number of hydrogen-bond acceptors (Lipinski definition) is 9. The van der Waals surface area contributed by atoms with Crippen LogP contribution in [-0.2, 0) is 6.42 Å². The van der Waals surface area contributed by atoms with Crippen LogP contribution in [0.5, 0.6) is 0 Å². The van der Waals surface area contributed by atoms with Crippen molar-refractivity contribution in [2.75, 3.05) is 5.43 Å². The van der Waals surface area contributed by atoms with Crippen LogP contribution in [0.3, 0.4) is 0 Å². The number of anilines is 1. The van der Waals surface area contributed by atoms with Crippen LogP contribution in [0.1, 0.15) is 5.82 Å². The van der Waals surface area contributed by atoms with E-state index < -0.39 is 15.5 Å². The molecule has 33 heavy (non-hydrogen) atoms. The number of rotatable bonds is 8. The molecule has 0 saturated heterocycles. The van der Waals surface area contributed by atoms with Crippen molar-refractivity contribution >= 4 is 23.3 Å². The summed E-state index contributed by atoms with van der Waals surface area (Å²) in [5.74, 6) is 0.506. The number of nitro benzene ring substituents is 2. The lowest BCUT2D eigenvalue weighted by molar-refractivity contribution is -0.393. The normalized spacial score (nSPS) is 10.9. The van der Waals surface area contributed by atoms with Gasteiger partial charge < -0.3 is 0 Å². The van der Waals surface area contributed by atoms with Gasteiger partial charge in [0.05, 0.1) is 21.6 Å². The fourth-order valence-electron chi connectivity index (χ4n) is 3.08. The number of aromatic nitrogens is 4. The number of hydrogen-bond donors (Lipinski definition) is 1. The number of nitro groups is 2. The first-order valence-electron chi connectivity index (χ1n) is 9.66. The number of benzene rings is 3. The number of non-ortho nitro benzene ring substituents is 1. The average Bonchev–Trinajstić information content (AvgIpc) is 3.31. The molecule has 4 aromatic rings. The molecule has 3 aromatic carbocycles. The molecular formula is C21H16N8O4. The van der Waals surface area contributed by atoms with Gasteiger partial charge in [0.1, 0.15) is 5.69 Å². The van der Waals surface area contributed by atoms with Crippen LogP contribution in [0, 0.1) is 20.2 Å². The lowest BCUT2D eigenvalue weighted by atomic mass is 10.1. The zero-order valence-corrected chi connectivity index (χ0v) is 17.0. The SMILES string of the molecule is O=[N+]([O-])c1ccc(N/N=C\Cc2nnnn2-c2ccc(-c3ccccc3)cc2)c([N+](=O)[O-])c1. The van der Waals surface area contributed by atoms with Gasteiger partial charge in [0.25, 0.3) is 5.69 Å². The average molecular weight is 444 g/mol. The second-order valence-electron chi connectivity index (χ2n) is 6.76. The van der Waals surface area contributed by atoms with E-state index in [2.05, 4.69) is 26.1 Å². The van der Waals surface area contributed by atoms with Crippen LogP contribution in [0.25, 0.3) is 16.8 Å². The van der Waals surface area contributed by atoms with Gasteiger partial charge in [0.2, 0.25) is 0 Å². The van der Waals surface area contributed by atoms with Crippen molar-refractivity contribution in [2.45, 2.75) is 6.42 Å². The van der Waals surface area contributed by atoms with E-state index in [1.807, 2.05) is 54.6 Å². The Morgan fingerprint density at radius 2 is 1.67 bits per heavy atom. The van der Waals surface area contributed by atoms with Crippen molar-refractivity contribution in [3.8, 4) is 16.8 Å². The molecule has 12 nitrogen and oxygen atoms in total. The van der Waals surface area contributed by atoms with Crippen molar-refractivity contribution in [3.05, 3.63) is 98.8 Å². The van der Waals surface area contributed by atoms with Crippen molar-refractivity contribution < 1.29 is 9.85 Å². The Kier molecular flexibility index (Phi) is 6.07. The van der Waals surface area contributed by atoms with Gasteiger partial charge in [-0.25, -0.2) is 0 Å². The van der Waals surface area contributed by atoms with Gasteiger partial charge in [-0.05, 0) is 39.8 Å². The van der Waals surface area contributed by atoms with E-state index in [0.717, 1.165) is 28.9 Å². The largest absolute Gasteiger partial charge is 0.301 e. The van der Waals surface area contributed by atoms with E-state index in [1.165, 1.54) is 12.3 Å². The minimum atomic E-state index is -0.718. The van der Waals surface area contributed by atoms with Crippen molar-refractivity contribution in [1.82, 2.24) is 20.2 Å². The highest BCUT2D eigenvalue weighted by Gasteiger charge is 2.19. The summed E-state index contributed by atoms with van der Waals surface area (Å²) in [5.41, 5.74) is 4.65. The quantitative estimate of drug-likeness (QED) is 0.244. The fourth-order valence-corrected chi connectivity index (χ4v) is 3.08. The Morgan fingerprint density at radius 3 is 2.36 bits per heavy atom. The minimum absolute atomic E-state index is 0.0259. The third-order valence-corrected chi connectivity index (χ3v) is 4.69. The Morgan fingerprint density at radius 1 is 0.939 bits per heavy atom. The van der Waals surface area contributed by atoms with E-state index in [-0.39, 0.29) is 17.8 Å². The van der Waals surface area contributed by atoms with Crippen LogP contribution >= 0.6 is 0 Å². The first-order chi connectivity index (χ1) is 16.0. The van der Waals surface area contributed by atoms with E-state index in [9.17, 15) is 20.2 Å². The fraction of sp³-hybridized carbons (Fsp3) is 0.0476. The zero-order valence-electron chi connectivity index (χ0n) is 17.0. The molecule has 12 heteroatoms. The van der Waals surface area contributed by atoms with E-state index in [0.29, 0.717) is 5.82 Å². The second-order valence-corrected chi connectivity index (χ2v) is 6.76.